The average molecular weight is 572 g/mol. The van der Waals surface area contributed by atoms with Gasteiger partial charge in [-0.05, 0) is 69.1 Å². The summed E-state index contributed by atoms with van der Waals surface area (Å²) < 4.78 is 79.0. The lowest BCUT2D eigenvalue weighted by Crippen LogP contribution is -2.47. The van der Waals surface area contributed by atoms with E-state index in [1.165, 1.54) is 35.6 Å². The van der Waals surface area contributed by atoms with Gasteiger partial charge in [-0.2, -0.15) is 4.31 Å². The molecule has 2 heterocycles. The topological polar surface area (TPSA) is 134 Å². The smallest absolute Gasteiger partial charge is 0.243 e. The Morgan fingerprint density at radius 2 is 1.89 bits per heavy atom. The largest absolute Gasteiger partial charge is 0.491 e. The number of rotatable bonds is 10. The van der Waals surface area contributed by atoms with E-state index in [0.717, 1.165) is 6.07 Å². The fourth-order valence-corrected chi connectivity index (χ4v) is 7.18. The summed E-state index contributed by atoms with van der Waals surface area (Å²) in [7, 11) is -6.06. The van der Waals surface area contributed by atoms with Gasteiger partial charge in [0.25, 0.3) is 0 Å². The second-order valence-electron chi connectivity index (χ2n) is 9.82. The minimum atomic E-state index is -3.79. The molecule has 0 radical (unpaired) electrons. The van der Waals surface area contributed by atoms with Crippen LogP contribution in [0.25, 0.3) is 0 Å². The highest BCUT2D eigenvalue weighted by molar-refractivity contribution is 7.89. The first-order valence-corrected chi connectivity index (χ1v) is 15.3. The summed E-state index contributed by atoms with van der Waals surface area (Å²) in [5, 5.41) is 13.6. The first kappa shape index (κ1) is 28.9. The summed E-state index contributed by atoms with van der Waals surface area (Å²) in [6, 6.07) is 9.84. The van der Waals surface area contributed by atoms with Gasteiger partial charge in [0.2, 0.25) is 20.0 Å². The molecule has 4 rings (SSSR count). The number of hydrogen-bond donors (Lipinski definition) is 3. The summed E-state index contributed by atoms with van der Waals surface area (Å²) in [6.45, 7) is 2.88. The zero-order valence-corrected chi connectivity index (χ0v) is 23.0. The average Bonchev–Trinajstić information content (AvgIpc) is 3.28. The van der Waals surface area contributed by atoms with Gasteiger partial charge < -0.3 is 19.9 Å². The normalized spacial score (nSPS) is 21.0. The van der Waals surface area contributed by atoms with Crippen molar-refractivity contribution in [1.29, 1.82) is 0 Å². The van der Waals surface area contributed by atoms with Crippen molar-refractivity contribution < 1.29 is 35.8 Å². The van der Waals surface area contributed by atoms with E-state index in [4.69, 9.17) is 9.47 Å². The van der Waals surface area contributed by atoms with Crippen molar-refractivity contribution in [2.45, 2.75) is 53.7 Å². The lowest BCUT2D eigenvalue weighted by molar-refractivity contribution is -0.0312. The molecule has 0 amide bonds. The molecule has 38 heavy (non-hydrogen) atoms. The molecule has 2 aromatic rings. The Bertz CT molecular complexity index is 1330. The summed E-state index contributed by atoms with van der Waals surface area (Å²) in [5.74, 6) is -0.244. The van der Waals surface area contributed by atoms with E-state index in [1.807, 2.05) is 0 Å². The molecule has 10 nitrogen and oxygen atoms in total. The van der Waals surface area contributed by atoms with E-state index in [1.54, 1.807) is 19.1 Å². The third kappa shape index (κ3) is 6.71. The molecule has 2 unspecified atom stereocenters. The molecule has 2 fully saturated rings. The Balaban J connectivity index is 1.24. The highest BCUT2D eigenvalue weighted by Crippen LogP contribution is 2.37. The van der Waals surface area contributed by atoms with Crippen molar-refractivity contribution in [2.24, 2.45) is 0 Å². The van der Waals surface area contributed by atoms with Crippen LogP contribution in [0.15, 0.2) is 52.3 Å². The number of hydrogen-bond acceptors (Lipinski definition) is 8. The molecule has 0 aliphatic carbocycles. The van der Waals surface area contributed by atoms with E-state index in [0.29, 0.717) is 37.2 Å². The van der Waals surface area contributed by atoms with E-state index < -0.39 is 37.6 Å². The van der Waals surface area contributed by atoms with Gasteiger partial charge in [-0.25, -0.2) is 25.9 Å². The molecule has 0 saturated carbocycles. The Kier molecular flexibility index (Phi) is 8.77. The van der Waals surface area contributed by atoms with Crippen LogP contribution < -0.4 is 14.8 Å². The quantitative estimate of drug-likeness (QED) is 0.390. The van der Waals surface area contributed by atoms with Crippen molar-refractivity contribution in [2.75, 3.05) is 39.9 Å². The maximum Gasteiger partial charge on any atom is 0.243 e. The van der Waals surface area contributed by atoms with Crippen LogP contribution in [0.2, 0.25) is 0 Å². The predicted molar refractivity (Wildman–Crippen MR) is 138 cm³/mol. The summed E-state index contributed by atoms with van der Waals surface area (Å²) in [6.07, 6.45) is 0.891. The number of aryl methyl sites for hydroxylation is 1. The molecule has 2 atom stereocenters. The number of sulfonamides is 2. The molecular weight excluding hydrogens is 537 g/mol. The number of benzene rings is 2. The van der Waals surface area contributed by atoms with Crippen LogP contribution in [0.3, 0.4) is 0 Å². The van der Waals surface area contributed by atoms with E-state index in [-0.39, 0.29) is 42.1 Å². The van der Waals surface area contributed by atoms with Crippen LogP contribution in [-0.2, 0) is 24.8 Å². The number of halogens is 1. The molecule has 2 aliphatic heterocycles. The first-order valence-electron chi connectivity index (χ1n) is 12.4. The van der Waals surface area contributed by atoms with Crippen molar-refractivity contribution in [1.82, 2.24) is 14.3 Å². The van der Waals surface area contributed by atoms with E-state index in [9.17, 15) is 26.3 Å². The van der Waals surface area contributed by atoms with Crippen LogP contribution >= 0.6 is 0 Å². The first-order chi connectivity index (χ1) is 17.9. The number of nitrogens with zero attached hydrogens (tertiary/aromatic N) is 1. The summed E-state index contributed by atoms with van der Waals surface area (Å²) in [5.41, 5.74) is 0.107. The van der Waals surface area contributed by atoms with Gasteiger partial charge in [0.05, 0.1) is 22.0 Å². The monoisotopic (exact) mass is 571 g/mol. The molecule has 2 saturated heterocycles. The number of aliphatic hydroxyl groups is 1. The summed E-state index contributed by atoms with van der Waals surface area (Å²) in [4.78, 5) is 0.0350. The molecule has 13 heteroatoms. The Labute approximate surface area is 223 Å². The number of nitrogens with one attached hydrogen (secondary N) is 2. The number of piperidine rings is 1. The SMILES string of the molecule is CNS(=O)(=O)c1cccc(OCC(O)CNC2COC3(CCN(S(=O)(=O)c4cc(C)cc(F)c4)CC3)C2)c1. The van der Waals surface area contributed by atoms with Gasteiger partial charge >= 0.3 is 0 Å². The second kappa shape index (κ2) is 11.5. The second-order valence-corrected chi connectivity index (χ2v) is 13.6. The third-order valence-electron chi connectivity index (χ3n) is 6.97. The molecule has 3 N–H and O–H groups in total. The van der Waals surface area contributed by atoms with Gasteiger partial charge in [-0.1, -0.05) is 6.07 Å². The lowest BCUT2D eigenvalue weighted by atomic mass is 9.88. The minimum Gasteiger partial charge on any atom is -0.491 e. The van der Waals surface area contributed by atoms with Gasteiger partial charge in [0, 0.05) is 31.7 Å². The number of ether oxygens (including phenoxy) is 2. The van der Waals surface area contributed by atoms with Crippen molar-refractivity contribution in [3.63, 3.8) is 0 Å². The molecule has 210 valence electrons. The van der Waals surface area contributed by atoms with E-state index >= 15 is 0 Å². The minimum absolute atomic E-state index is 0.0113. The van der Waals surface area contributed by atoms with Gasteiger partial charge in [-0.15, -0.1) is 0 Å². The van der Waals surface area contributed by atoms with Crippen LogP contribution in [0.4, 0.5) is 4.39 Å². The maximum atomic E-state index is 13.8. The standard InChI is InChI=1S/C25H34FN3O7S2/c1-18-10-19(26)12-24(11-18)38(33,34)29-8-6-25(7-9-29)14-20(16-36-25)28-15-21(30)17-35-22-4-3-5-23(13-22)37(31,32)27-2/h3-5,10-13,20-21,27-28,30H,6-9,14-17H2,1-2H3. The molecule has 1 spiro atoms. The van der Waals surface area contributed by atoms with Crippen molar-refractivity contribution >= 4 is 20.0 Å². The lowest BCUT2D eigenvalue weighted by Gasteiger charge is -2.38. The molecule has 2 aromatic carbocycles. The Hall–Kier alpha value is -2.13. The number of aliphatic hydroxyl groups excluding tert-OH is 1. The zero-order chi connectivity index (χ0) is 27.6. The van der Waals surface area contributed by atoms with Gasteiger partial charge in [0.15, 0.2) is 0 Å². The van der Waals surface area contributed by atoms with Gasteiger partial charge in [-0.3, -0.25) is 0 Å². The highest BCUT2D eigenvalue weighted by Gasteiger charge is 2.44. The Morgan fingerprint density at radius 3 is 2.58 bits per heavy atom. The third-order valence-corrected chi connectivity index (χ3v) is 10.3. The van der Waals surface area contributed by atoms with Gasteiger partial charge in [0.1, 0.15) is 24.3 Å². The fourth-order valence-electron chi connectivity index (χ4n) is 4.86. The molecule has 0 bridgehead atoms. The predicted octanol–water partition coefficient (Wildman–Crippen LogP) is 1.38. The summed E-state index contributed by atoms with van der Waals surface area (Å²) >= 11 is 0. The fraction of sp³-hybridized carbons (Fsp3) is 0.520. The maximum absolute atomic E-state index is 13.8. The van der Waals surface area contributed by atoms with Crippen LogP contribution in [0.1, 0.15) is 24.8 Å². The zero-order valence-electron chi connectivity index (χ0n) is 21.4. The van der Waals surface area contributed by atoms with E-state index in [2.05, 4.69) is 10.0 Å². The Morgan fingerprint density at radius 1 is 1.16 bits per heavy atom. The van der Waals surface area contributed by atoms with Crippen LogP contribution in [0.5, 0.6) is 5.75 Å². The van der Waals surface area contributed by atoms with Crippen molar-refractivity contribution in [3.8, 4) is 5.75 Å². The van der Waals surface area contributed by atoms with Crippen LogP contribution in [0, 0.1) is 12.7 Å². The van der Waals surface area contributed by atoms with Crippen LogP contribution in [-0.4, -0.2) is 83.9 Å². The molecule has 2 aliphatic rings. The molecular formula is C25H34FN3O7S2. The molecule has 0 aromatic heterocycles. The highest BCUT2D eigenvalue weighted by atomic mass is 32.2. The van der Waals surface area contributed by atoms with Crippen molar-refractivity contribution in [3.05, 3.63) is 53.8 Å².